The average Bonchev–Trinajstić information content (AvgIpc) is 2.17. The molecule has 0 spiro atoms. The topological polar surface area (TPSA) is 25.8 Å². The summed E-state index contributed by atoms with van der Waals surface area (Å²) in [5.41, 5.74) is 2.81. The van der Waals surface area contributed by atoms with Crippen LogP contribution < -0.4 is 0 Å². The van der Waals surface area contributed by atoms with Crippen LogP contribution in [0.25, 0.3) is 11.0 Å². The van der Waals surface area contributed by atoms with E-state index >= 15 is 0 Å². The van der Waals surface area contributed by atoms with Crippen LogP contribution in [-0.2, 0) is 6.42 Å². The first-order chi connectivity index (χ1) is 7.15. The van der Waals surface area contributed by atoms with Crippen LogP contribution in [0, 0.1) is 5.92 Å². The van der Waals surface area contributed by atoms with Gasteiger partial charge in [-0.3, -0.25) is 4.98 Å². The molecule has 0 fully saturated rings. The number of halogens is 1. The van der Waals surface area contributed by atoms with Gasteiger partial charge < -0.3 is 0 Å². The van der Waals surface area contributed by atoms with Crippen molar-refractivity contribution in [1.29, 1.82) is 0 Å². The average molecular weight is 221 g/mol. The summed E-state index contributed by atoms with van der Waals surface area (Å²) in [5.74, 6) is 0.601. The van der Waals surface area contributed by atoms with Gasteiger partial charge in [-0.05, 0) is 30.5 Å². The molecule has 0 saturated heterocycles. The fourth-order valence-corrected chi connectivity index (χ4v) is 1.71. The summed E-state index contributed by atoms with van der Waals surface area (Å²) < 4.78 is 0. The van der Waals surface area contributed by atoms with Crippen molar-refractivity contribution in [2.45, 2.75) is 20.3 Å². The number of rotatable bonds is 2. The molecule has 0 atom stereocenters. The molecule has 3 heteroatoms. The number of benzene rings is 1. The van der Waals surface area contributed by atoms with E-state index in [-0.39, 0.29) is 0 Å². The van der Waals surface area contributed by atoms with Gasteiger partial charge in [0.15, 0.2) is 0 Å². The maximum atomic E-state index is 5.88. The van der Waals surface area contributed by atoms with Crippen LogP contribution in [0.1, 0.15) is 19.5 Å². The second kappa shape index (κ2) is 4.15. The summed E-state index contributed by atoms with van der Waals surface area (Å²) in [6.45, 7) is 4.35. The van der Waals surface area contributed by atoms with Gasteiger partial charge in [-0.15, -0.1) is 0 Å². The molecule has 0 aliphatic heterocycles. The lowest BCUT2D eigenvalue weighted by Gasteiger charge is -2.04. The minimum atomic E-state index is 0.601. The Morgan fingerprint density at radius 3 is 2.80 bits per heavy atom. The highest BCUT2D eigenvalue weighted by Gasteiger charge is 2.02. The first-order valence-electron chi connectivity index (χ1n) is 5.06. The van der Waals surface area contributed by atoms with Gasteiger partial charge in [-0.2, -0.15) is 0 Å². The van der Waals surface area contributed by atoms with Crippen LogP contribution >= 0.6 is 11.6 Å². The second-order valence-corrected chi connectivity index (χ2v) is 4.53. The van der Waals surface area contributed by atoms with E-state index in [1.165, 1.54) is 0 Å². The van der Waals surface area contributed by atoms with Crippen LogP contribution in [0.2, 0.25) is 5.02 Å². The molecule has 0 saturated carbocycles. The molecule has 0 amide bonds. The van der Waals surface area contributed by atoms with E-state index in [1.54, 1.807) is 0 Å². The summed E-state index contributed by atoms with van der Waals surface area (Å²) in [7, 11) is 0. The Kier molecular flexibility index (Phi) is 2.87. The van der Waals surface area contributed by atoms with Crippen molar-refractivity contribution in [3.63, 3.8) is 0 Å². The molecule has 0 N–H and O–H groups in total. The van der Waals surface area contributed by atoms with E-state index < -0.39 is 0 Å². The van der Waals surface area contributed by atoms with E-state index in [0.29, 0.717) is 10.9 Å². The maximum Gasteiger partial charge on any atom is 0.0901 e. The zero-order chi connectivity index (χ0) is 10.8. The Labute approximate surface area is 94.3 Å². The van der Waals surface area contributed by atoms with Gasteiger partial charge in [-0.1, -0.05) is 25.4 Å². The molecule has 1 aromatic heterocycles. The summed E-state index contributed by atoms with van der Waals surface area (Å²) >= 11 is 5.88. The Morgan fingerprint density at radius 1 is 1.27 bits per heavy atom. The summed E-state index contributed by atoms with van der Waals surface area (Å²) in [6.07, 6.45) is 2.80. The van der Waals surface area contributed by atoms with E-state index in [9.17, 15) is 0 Å². The van der Waals surface area contributed by atoms with Crippen LogP contribution in [-0.4, -0.2) is 9.97 Å². The molecule has 1 heterocycles. The first kappa shape index (κ1) is 10.4. The van der Waals surface area contributed by atoms with Crippen molar-refractivity contribution in [1.82, 2.24) is 9.97 Å². The largest absolute Gasteiger partial charge is 0.253 e. The van der Waals surface area contributed by atoms with Crippen LogP contribution in [0.5, 0.6) is 0 Å². The standard InChI is InChI=1S/C12H13ClN2/c1-8(2)5-10-7-14-12-6-9(13)3-4-11(12)15-10/h3-4,6-8H,5H2,1-2H3. The Hall–Kier alpha value is -1.15. The quantitative estimate of drug-likeness (QED) is 0.775. The van der Waals surface area contributed by atoms with Gasteiger partial charge in [0, 0.05) is 11.2 Å². The first-order valence-corrected chi connectivity index (χ1v) is 5.44. The molecule has 2 rings (SSSR count). The molecule has 0 aliphatic rings. The predicted molar refractivity (Wildman–Crippen MR) is 63.1 cm³/mol. The number of fused-ring (bicyclic) bond motifs is 1. The van der Waals surface area contributed by atoms with Crippen molar-refractivity contribution >= 4 is 22.6 Å². The normalized spacial score (nSPS) is 11.2. The zero-order valence-corrected chi connectivity index (χ0v) is 9.62. The minimum Gasteiger partial charge on any atom is -0.253 e. The highest BCUT2D eigenvalue weighted by Crippen LogP contribution is 2.16. The molecule has 15 heavy (non-hydrogen) atoms. The molecule has 78 valence electrons. The van der Waals surface area contributed by atoms with Gasteiger partial charge in [0.1, 0.15) is 0 Å². The van der Waals surface area contributed by atoms with Crippen LogP contribution in [0.15, 0.2) is 24.4 Å². The lowest BCUT2D eigenvalue weighted by atomic mass is 10.1. The molecule has 0 bridgehead atoms. The SMILES string of the molecule is CC(C)Cc1cnc2cc(Cl)ccc2n1. The third kappa shape index (κ3) is 2.45. The van der Waals surface area contributed by atoms with Crippen LogP contribution in [0.3, 0.4) is 0 Å². The van der Waals surface area contributed by atoms with Gasteiger partial charge in [0.2, 0.25) is 0 Å². The molecule has 0 radical (unpaired) electrons. The Morgan fingerprint density at radius 2 is 2.07 bits per heavy atom. The van der Waals surface area contributed by atoms with Crippen molar-refractivity contribution in [3.05, 3.63) is 35.1 Å². The Balaban J connectivity index is 2.43. The van der Waals surface area contributed by atoms with Crippen LogP contribution in [0.4, 0.5) is 0 Å². The minimum absolute atomic E-state index is 0.601. The smallest absolute Gasteiger partial charge is 0.0901 e. The number of hydrogen-bond donors (Lipinski definition) is 0. The monoisotopic (exact) mass is 220 g/mol. The molecule has 2 aromatic rings. The molecular formula is C12H13ClN2. The van der Waals surface area contributed by atoms with Gasteiger partial charge >= 0.3 is 0 Å². The fourth-order valence-electron chi connectivity index (χ4n) is 1.54. The van der Waals surface area contributed by atoms with Gasteiger partial charge in [0.25, 0.3) is 0 Å². The van der Waals surface area contributed by atoms with E-state index in [1.807, 2.05) is 24.4 Å². The predicted octanol–water partition coefficient (Wildman–Crippen LogP) is 3.48. The zero-order valence-electron chi connectivity index (χ0n) is 8.87. The third-order valence-electron chi connectivity index (χ3n) is 2.17. The van der Waals surface area contributed by atoms with E-state index in [4.69, 9.17) is 11.6 Å². The highest BCUT2D eigenvalue weighted by molar-refractivity contribution is 6.31. The number of hydrogen-bond acceptors (Lipinski definition) is 2. The molecule has 0 unspecified atom stereocenters. The molecule has 1 aromatic carbocycles. The second-order valence-electron chi connectivity index (χ2n) is 4.09. The van der Waals surface area contributed by atoms with Crippen molar-refractivity contribution in [3.8, 4) is 0 Å². The van der Waals surface area contributed by atoms with Gasteiger partial charge in [0.05, 0.1) is 16.7 Å². The van der Waals surface area contributed by atoms with Crippen molar-refractivity contribution in [2.75, 3.05) is 0 Å². The lowest BCUT2D eigenvalue weighted by Crippen LogP contribution is -1.98. The molecule has 0 aliphatic carbocycles. The summed E-state index contributed by atoms with van der Waals surface area (Å²) in [4.78, 5) is 8.88. The highest BCUT2D eigenvalue weighted by atomic mass is 35.5. The van der Waals surface area contributed by atoms with Gasteiger partial charge in [-0.25, -0.2) is 4.98 Å². The van der Waals surface area contributed by atoms with Crippen molar-refractivity contribution in [2.24, 2.45) is 5.92 Å². The van der Waals surface area contributed by atoms with E-state index in [0.717, 1.165) is 23.1 Å². The molecular weight excluding hydrogens is 208 g/mol. The fraction of sp³-hybridized carbons (Fsp3) is 0.333. The lowest BCUT2D eigenvalue weighted by molar-refractivity contribution is 0.635. The maximum absolute atomic E-state index is 5.88. The summed E-state index contributed by atoms with van der Waals surface area (Å²) in [5, 5.41) is 0.702. The van der Waals surface area contributed by atoms with Crippen molar-refractivity contribution < 1.29 is 0 Å². The third-order valence-corrected chi connectivity index (χ3v) is 2.41. The number of aromatic nitrogens is 2. The van der Waals surface area contributed by atoms with E-state index in [2.05, 4.69) is 23.8 Å². The Bertz CT molecular complexity index is 480. The molecule has 2 nitrogen and oxygen atoms in total. The summed E-state index contributed by atoms with van der Waals surface area (Å²) in [6, 6.07) is 5.59. The number of nitrogens with zero attached hydrogens (tertiary/aromatic N) is 2.